The molecule has 204 valence electrons. The zero-order valence-corrected chi connectivity index (χ0v) is 23.9. The van der Waals surface area contributed by atoms with E-state index in [1.807, 2.05) is 12.2 Å². The van der Waals surface area contributed by atoms with Crippen molar-refractivity contribution in [1.82, 2.24) is 14.1 Å². The van der Waals surface area contributed by atoms with E-state index in [1.165, 1.54) is 32.9 Å². The van der Waals surface area contributed by atoms with Crippen molar-refractivity contribution in [2.45, 2.75) is 6.92 Å². The first-order chi connectivity index (χ1) is 21.2. The third kappa shape index (κ3) is 3.93. The first-order valence-electron chi connectivity index (χ1n) is 14.6. The van der Waals surface area contributed by atoms with Crippen LogP contribution < -0.4 is 0 Å². The van der Waals surface area contributed by atoms with E-state index in [-0.39, 0.29) is 0 Å². The summed E-state index contributed by atoms with van der Waals surface area (Å²) in [6.07, 6.45) is 5.87. The molecule has 0 aliphatic rings. The van der Waals surface area contributed by atoms with Gasteiger partial charge in [0.25, 0.3) is 0 Å². The van der Waals surface area contributed by atoms with Gasteiger partial charge in [0.15, 0.2) is 0 Å². The molecule has 3 aromatic heterocycles. The summed E-state index contributed by atoms with van der Waals surface area (Å²) >= 11 is 0. The molecule has 0 amide bonds. The maximum absolute atomic E-state index is 5.20. The molecule has 0 bridgehead atoms. The number of benzene rings is 5. The van der Waals surface area contributed by atoms with Gasteiger partial charge in [-0.15, -0.1) is 0 Å². The lowest BCUT2D eigenvalue weighted by Gasteiger charge is -2.13. The Hall–Kier alpha value is -5.67. The van der Waals surface area contributed by atoms with Crippen LogP contribution in [0.5, 0.6) is 0 Å². The molecule has 0 N–H and O–H groups in total. The van der Waals surface area contributed by atoms with Gasteiger partial charge in [0.2, 0.25) is 0 Å². The molecule has 0 aliphatic carbocycles. The minimum atomic E-state index is 0.994. The molecule has 0 fully saturated rings. The molecular weight excluding hydrogens is 522 g/mol. The second-order valence-corrected chi connectivity index (χ2v) is 10.9. The molecule has 0 saturated heterocycles. The predicted octanol–water partition coefficient (Wildman–Crippen LogP) is 10.5. The highest BCUT2D eigenvalue weighted by molar-refractivity contribution is 6.23. The van der Waals surface area contributed by atoms with Gasteiger partial charge in [0.1, 0.15) is 0 Å². The van der Waals surface area contributed by atoms with Crippen LogP contribution in [-0.4, -0.2) is 14.1 Å². The molecule has 0 aliphatic heterocycles. The third-order valence-electron chi connectivity index (χ3n) is 8.40. The normalized spacial score (nSPS) is 11.8. The number of hydrogen-bond acceptors (Lipinski definition) is 1. The zero-order chi connectivity index (χ0) is 28.9. The molecule has 3 heterocycles. The Balaban J connectivity index is 1.56. The van der Waals surface area contributed by atoms with Crippen LogP contribution in [0.1, 0.15) is 11.3 Å². The van der Waals surface area contributed by atoms with Gasteiger partial charge in [0, 0.05) is 33.2 Å². The van der Waals surface area contributed by atoms with Gasteiger partial charge in [-0.3, -0.25) is 4.98 Å². The van der Waals surface area contributed by atoms with Crippen LogP contribution in [0.25, 0.3) is 72.3 Å². The second kappa shape index (κ2) is 10.0. The lowest BCUT2D eigenvalue weighted by atomic mass is 10.1. The van der Waals surface area contributed by atoms with Gasteiger partial charge in [-0.05, 0) is 66.1 Å². The average Bonchev–Trinajstić information content (AvgIpc) is 3.57. The fraction of sp³-hybridized carbons (Fsp3) is 0.0250. The van der Waals surface area contributed by atoms with Crippen LogP contribution in [0.2, 0.25) is 0 Å². The van der Waals surface area contributed by atoms with Crippen LogP contribution >= 0.6 is 0 Å². The van der Waals surface area contributed by atoms with E-state index >= 15 is 0 Å². The number of rotatable bonds is 5. The van der Waals surface area contributed by atoms with Crippen molar-refractivity contribution in [2.75, 3.05) is 0 Å². The summed E-state index contributed by atoms with van der Waals surface area (Å²) in [4.78, 5) is 5.20. The number of pyridine rings is 1. The van der Waals surface area contributed by atoms with Crippen molar-refractivity contribution < 1.29 is 0 Å². The number of aromatic nitrogens is 3. The van der Waals surface area contributed by atoms with Crippen LogP contribution in [0.3, 0.4) is 0 Å². The number of hydrogen-bond donors (Lipinski definition) is 0. The van der Waals surface area contributed by atoms with Gasteiger partial charge in [0.05, 0.1) is 27.6 Å². The lowest BCUT2D eigenvalue weighted by Crippen LogP contribution is -1.99. The van der Waals surface area contributed by atoms with Crippen molar-refractivity contribution in [2.24, 2.45) is 0 Å². The van der Waals surface area contributed by atoms with E-state index in [1.54, 1.807) is 0 Å². The van der Waals surface area contributed by atoms with Crippen molar-refractivity contribution in [3.63, 3.8) is 0 Å². The number of allylic oxidation sites excluding steroid dienone is 2. The maximum Gasteiger partial charge on any atom is 0.0967 e. The Morgan fingerprint density at radius 1 is 0.581 bits per heavy atom. The fourth-order valence-corrected chi connectivity index (χ4v) is 6.47. The van der Waals surface area contributed by atoms with Gasteiger partial charge in [-0.25, -0.2) is 0 Å². The molecule has 3 nitrogen and oxygen atoms in total. The molecule has 8 rings (SSSR count). The van der Waals surface area contributed by atoms with Gasteiger partial charge >= 0.3 is 0 Å². The minimum Gasteiger partial charge on any atom is -0.307 e. The Morgan fingerprint density at radius 3 is 2.05 bits per heavy atom. The van der Waals surface area contributed by atoms with E-state index < -0.39 is 0 Å². The molecule has 0 saturated carbocycles. The molecule has 0 radical (unpaired) electrons. The highest BCUT2D eigenvalue weighted by Crippen LogP contribution is 2.42. The first-order valence-corrected chi connectivity index (χ1v) is 14.6. The van der Waals surface area contributed by atoms with Crippen LogP contribution in [0.4, 0.5) is 0 Å². The monoisotopic (exact) mass is 551 g/mol. The summed E-state index contributed by atoms with van der Waals surface area (Å²) in [5.41, 5.74) is 12.3. The third-order valence-corrected chi connectivity index (χ3v) is 8.40. The second-order valence-electron chi connectivity index (χ2n) is 10.9. The molecule has 5 aromatic carbocycles. The summed E-state index contributed by atoms with van der Waals surface area (Å²) in [5.74, 6) is 0. The summed E-state index contributed by atoms with van der Waals surface area (Å²) in [6.45, 7) is 5.95. The van der Waals surface area contributed by atoms with Crippen molar-refractivity contribution in [3.8, 4) is 22.5 Å². The quantitative estimate of drug-likeness (QED) is 0.195. The van der Waals surface area contributed by atoms with Crippen LogP contribution in [0, 0.1) is 6.92 Å². The molecule has 3 heteroatoms. The number of para-hydroxylation sites is 2. The highest BCUT2D eigenvalue weighted by Gasteiger charge is 2.22. The molecule has 0 atom stereocenters. The number of aryl methyl sites for hydroxylation is 1. The topological polar surface area (TPSA) is 22.8 Å². The Morgan fingerprint density at radius 2 is 1.23 bits per heavy atom. The summed E-state index contributed by atoms with van der Waals surface area (Å²) in [6, 6.07) is 45.6. The fourth-order valence-electron chi connectivity index (χ4n) is 6.47. The van der Waals surface area contributed by atoms with E-state index in [2.05, 4.69) is 156 Å². The highest BCUT2D eigenvalue weighted by atomic mass is 15.1. The lowest BCUT2D eigenvalue weighted by molar-refractivity contribution is 1.14. The van der Waals surface area contributed by atoms with Crippen molar-refractivity contribution in [1.29, 1.82) is 0 Å². The first kappa shape index (κ1) is 25.1. The van der Waals surface area contributed by atoms with Gasteiger partial charge < -0.3 is 9.13 Å². The van der Waals surface area contributed by atoms with Gasteiger partial charge in [-0.1, -0.05) is 110 Å². The average molecular weight is 552 g/mol. The summed E-state index contributed by atoms with van der Waals surface area (Å²) in [5, 5.41) is 3.59. The number of nitrogens with zero attached hydrogens (tertiary/aromatic N) is 3. The van der Waals surface area contributed by atoms with E-state index in [0.717, 1.165) is 44.6 Å². The molecule has 0 spiro atoms. The van der Waals surface area contributed by atoms with E-state index in [9.17, 15) is 0 Å². The standard InChI is InChI=1S/C40H29N3/c1-3-4-14-29-26-37-38(41-27(29)2)35-24-23-34-33-21-11-12-22-36(33)43(39(34)40(35)42(37)31-18-9-6-10-19-31)32-20-13-17-30(25-32)28-15-7-5-8-16-28/h3-26H,1H2,2H3/b14-4-. The largest absolute Gasteiger partial charge is 0.307 e. The van der Waals surface area contributed by atoms with E-state index in [0.29, 0.717) is 0 Å². The van der Waals surface area contributed by atoms with Crippen molar-refractivity contribution in [3.05, 3.63) is 157 Å². The molecule has 8 aromatic rings. The zero-order valence-electron chi connectivity index (χ0n) is 23.9. The summed E-state index contributed by atoms with van der Waals surface area (Å²) < 4.78 is 4.82. The minimum absolute atomic E-state index is 0.994. The number of fused-ring (bicyclic) bond motifs is 7. The predicted molar refractivity (Wildman–Crippen MR) is 182 cm³/mol. The molecule has 0 unspecified atom stereocenters. The summed E-state index contributed by atoms with van der Waals surface area (Å²) in [7, 11) is 0. The van der Waals surface area contributed by atoms with Crippen molar-refractivity contribution >= 4 is 49.8 Å². The van der Waals surface area contributed by atoms with Gasteiger partial charge in [-0.2, -0.15) is 0 Å². The smallest absolute Gasteiger partial charge is 0.0967 e. The molecular formula is C40H29N3. The SMILES string of the molecule is C=C/C=C\c1cc2c(nc1C)c1ccc3c4ccccc4n(-c4cccc(-c5ccccc5)c4)c3c1n2-c1ccccc1. The Kier molecular flexibility index (Phi) is 5.83. The van der Waals surface area contributed by atoms with Crippen LogP contribution in [0.15, 0.2) is 146 Å². The molecule has 43 heavy (non-hydrogen) atoms. The maximum atomic E-state index is 5.20. The van der Waals surface area contributed by atoms with E-state index in [4.69, 9.17) is 4.98 Å². The Labute approximate surface area is 250 Å². The Bertz CT molecular complexity index is 2350. The van der Waals surface area contributed by atoms with Crippen LogP contribution in [-0.2, 0) is 0 Å².